The fourth-order valence-corrected chi connectivity index (χ4v) is 5.11. The van der Waals surface area contributed by atoms with Gasteiger partial charge in [0.05, 0.1) is 30.3 Å². The Morgan fingerprint density at radius 3 is 2.65 bits per heavy atom. The molecule has 2 aromatic carbocycles. The maximum absolute atomic E-state index is 13.3. The number of nitrogens with zero attached hydrogens (tertiary/aromatic N) is 2. The minimum absolute atomic E-state index is 0.0297. The van der Waals surface area contributed by atoms with Crippen LogP contribution in [0.4, 0.5) is 11.4 Å². The van der Waals surface area contributed by atoms with Crippen LogP contribution in [0.25, 0.3) is 0 Å². The molecule has 0 unspecified atom stereocenters. The zero-order chi connectivity index (χ0) is 18.3. The van der Waals surface area contributed by atoms with Gasteiger partial charge < -0.3 is 9.64 Å². The Morgan fingerprint density at radius 1 is 1.04 bits per heavy atom. The van der Waals surface area contributed by atoms with Crippen molar-refractivity contribution in [3.63, 3.8) is 0 Å². The molecule has 0 spiro atoms. The molecule has 0 radical (unpaired) electrons. The lowest BCUT2D eigenvalue weighted by molar-refractivity contribution is -0.116. The summed E-state index contributed by atoms with van der Waals surface area (Å²) in [5.41, 5.74) is 3.21. The maximum Gasteiger partial charge on any atom is 0.264 e. The third-order valence-corrected chi connectivity index (χ3v) is 6.68. The van der Waals surface area contributed by atoms with Crippen molar-refractivity contribution >= 4 is 27.3 Å². The number of ether oxygens (including phenoxy) is 1. The van der Waals surface area contributed by atoms with Gasteiger partial charge >= 0.3 is 0 Å². The molecule has 0 aromatic heterocycles. The summed E-state index contributed by atoms with van der Waals surface area (Å²) in [5, 5.41) is 0. The minimum atomic E-state index is -3.71. The lowest BCUT2D eigenvalue weighted by atomic mass is 10.2. The third-order valence-electron chi connectivity index (χ3n) is 4.87. The van der Waals surface area contributed by atoms with Gasteiger partial charge in [-0.25, -0.2) is 8.42 Å². The monoisotopic (exact) mass is 372 g/mol. The van der Waals surface area contributed by atoms with Crippen molar-refractivity contribution in [1.29, 1.82) is 0 Å². The van der Waals surface area contributed by atoms with Crippen molar-refractivity contribution in [3.05, 3.63) is 53.6 Å². The second-order valence-corrected chi connectivity index (χ2v) is 8.33. The van der Waals surface area contributed by atoms with Gasteiger partial charge in [-0.1, -0.05) is 18.2 Å². The number of carbonyl (C=O) groups excluding carboxylic acids is 1. The van der Waals surface area contributed by atoms with Gasteiger partial charge in [-0.2, -0.15) is 0 Å². The summed E-state index contributed by atoms with van der Waals surface area (Å²) in [5.74, 6) is -0.0297. The van der Waals surface area contributed by atoms with Gasteiger partial charge in [-0.15, -0.1) is 0 Å². The second kappa shape index (κ2) is 6.41. The fourth-order valence-electron chi connectivity index (χ4n) is 3.57. The Kier molecular flexibility index (Phi) is 4.20. The van der Waals surface area contributed by atoms with E-state index in [4.69, 9.17) is 4.74 Å². The Morgan fingerprint density at radius 2 is 1.85 bits per heavy atom. The number of rotatable bonds is 2. The first kappa shape index (κ1) is 17.1. The number of hydrogen-bond acceptors (Lipinski definition) is 4. The van der Waals surface area contributed by atoms with Crippen molar-refractivity contribution < 1.29 is 17.9 Å². The van der Waals surface area contributed by atoms with Crippen molar-refractivity contribution in [2.75, 3.05) is 28.9 Å². The number of para-hydroxylation sites is 1. The molecule has 2 aliphatic heterocycles. The van der Waals surface area contributed by atoms with E-state index in [0.29, 0.717) is 31.9 Å². The molecule has 0 saturated carbocycles. The summed E-state index contributed by atoms with van der Waals surface area (Å²) < 4.78 is 33.6. The molecule has 2 aromatic rings. The fraction of sp³-hybridized carbons (Fsp3) is 0.316. The van der Waals surface area contributed by atoms with E-state index in [-0.39, 0.29) is 17.3 Å². The molecule has 0 saturated heterocycles. The van der Waals surface area contributed by atoms with E-state index in [1.54, 1.807) is 23.1 Å². The van der Waals surface area contributed by atoms with Crippen LogP contribution in [0.1, 0.15) is 18.1 Å². The van der Waals surface area contributed by atoms with Crippen LogP contribution < -0.4 is 9.21 Å². The van der Waals surface area contributed by atoms with Crippen LogP contribution in [0.3, 0.4) is 0 Å². The summed E-state index contributed by atoms with van der Waals surface area (Å²) in [6.07, 6.45) is 0.665. The molecule has 7 heteroatoms. The molecule has 6 nitrogen and oxygen atoms in total. The first-order valence-corrected chi connectivity index (χ1v) is 10.0. The molecule has 0 atom stereocenters. The maximum atomic E-state index is 13.3. The molecule has 0 N–H and O–H groups in total. The van der Waals surface area contributed by atoms with E-state index in [1.807, 2.05) is 24.3 Å². The van der Waals surface area contributed by atoms with Gasteiger partial charge in [-0.05, 0) is 36.2 Å². The molecule has 2 heterocycles. The van der Waals surface area contributed by atoms with Crippen LogP contribution >= 0.6 is 0 Å². The summed E-state index contributed by atoms with van der Waals surface area (Å²) in [6, 6.07) is 12.4. The molecular weight excluding hydrogens is 352 g/mol. The standard InChI is InChI=1S/C19H20N2O4S/c1-14(22)20-9-8-15-12-17(6-7-18(15)20)26(23,24)21-10-11-25-13-16-4-2-3-5-19(16)21/h2-7,12H,8-11,13H2,1H3. The largest absolute Gasteiger partial charge is 0.375 e. The third kappa shape index (κ3) is 2.77. The number of carbonyl (C=O) groups is 1. The molecule has 0 aliphatic carbocycles. The van der Waals surface area contributed by atoms with Gasteiger partial charge in [0.2, 0.25) is 5.91 Å². The molecular formula is C19H20N2O4S. The highest BCUT2D eigenvalue weighted by molar-refractivity contribution is 7.92. The van der Waals surface area contributed by atoms with E-state index >= 15 is 0 Å². The lowest BCUT2D eigenvalue weighted by Gasteiger charge is -2.24. The molecule has 1 amide bonds. The predicted octanol–water partition coefficient (Wildman–Crippen LogP) is 2.32. The van der Waals surface area contributed by atoms with Crippen molar-refractivity contribution in [2.24, 2.45) is 0 Å². The smallest absolute Gasteiger partial charge is 0.264 e. The average molecular weight is 372 g/mol. The van der Waals surface area contributed by atoms with Crippen LogP contribution in [-0.4, -0.2) is 34.0 Å². The van der Waals surface area contributed by atoms with E-state index < -0.39 is 10.0 Å². The first-order valence-electron chi connectivity index (χ1n) is 8.58. The lowest BCUT2D eigenvalue weighted by Crippen LogP contribution is -2.33. The molecule has 0 fully saturated rings. The molecule has 2 aliphatic rings. The zero-order valence-electron chi connectivity index (χ0n) is 14.5. The van der Waals surface area contributed by atoms with Crippen LogP contribution in [0.2, 0.25) is 0 Å². The number of fused-ring (bicyclic) bond motifs is 2. The van der Waals surface area contributed by atoms with Gasteiger partial charge in [0.25, 0.3) is 10.0 Å². The van der Waals surface area contributed by atoms with Crippen LogP contribution in [0.15, 0.2) is 47.4 Å². The molecule has 136 valence electrons. The topological polar surface area (TPSA) is 66.9 Å². The van der Waals surface area contributed by atoms with Gasteiger partial charge in [0.15, 0.2) is 0 Å². The summed E-state index contributed by atoms with van der Waals surface area (Å²) in [4.78, 5) is 13.6. The Hall–Kier alpha value is -2.38. The highest BCUT2D eigenvalue weighted by Gasteiger charge is 2.30. The number of hydrogen-bond donors (Lipinski definition) is 0. The van der Waals surface area contributed by atoms with Gasteiger partial charge in [-0.3, -0.25) is 9.10 Å². The minimum Gasteiger partial charge on any atom is -0.375 e. The van der Waals surface area contributed by atoms with E-state index in [9.17, 15) is 13.2 Å². The van der Waals surface area contributed by atoms with E-state index in [1.165, 1.54) is 11.2 Å². The number of anilines is 2. The Balaban J connectivity index is 1.75. The van der Waals surface area contributed by atoms with Crippen LogP contribution in [0, 0.1) is 0 Å². The first-order chi connectivity index (χ1) is 12.5. The number of sulfonamides is 1. The molecule has 4 rings (SSSR count). The highest BCUT2D eigenvalue weighted by atomic mass is 32.2. The number of amides is 1. The quantitative estimate of drug-likeness (QED) is 0.811. The van der Waals surface area contributed by atoms with E-state index in [0.717, 1.165) is 16.8 Å². The Labute approximate surface area is 153 Å². The van der Waals surface area contributed by atoms with E-state index in [2.05, 4.69) is 0 Å². The zero-order valence-corrected chi connectivity index (χ0v) is 15.3. The number of benzene rings is 2. The molecule has 26 heavy (non-hydrogen) atoms. The summed E-state index contributed by atoms with van der Waals surface area (Å²) in [6.45, 7) is 3.13. The molecule has 0 bridgehead atoms. The highest BCUT2D eigenvalue weighted by Crippen LogP contribution is 2.34. The normalized spacial score (nSPS) is 16.8. The van der Waals surface area contributed by atoms with Crippen LogP contribution in [0.5, 0.6) is 0 Å². The van der Waals surface area contributed by atoms with Crippen molar-refractivity contribution in [1.82, 2.24) is 0 Å². The van der Waals surface area contributed by atoms with Crippen LogP contribution in [-0.2, 0) is 32.6 Å². The summed E-state index contributed by atoms with van der Waals surface area (Å²) in [7, 11) is -3.71. The second-order valence-electron chi connectivity index (χ2n) is 6.47. The van der Waals surface area contributed by atoms with Crippen molar-refractivity contribution in [2.45, 2.75) is 24.8 Å². The SMILES string of the molecule is CC(=O)N1CCc2cc(S(=O)(=O)N3CCOCc4ccccc43)ccc21. The van der Waals surface area contributed by atoms with Crippen molar-refractivity contribution in [3.8, 4) is 0 Å². The van der Waals surface area contributed by atoms with Gasteiger partial charge in [0, 0.05) is 24.7 Å². The average Bonchev–Trinajstić information content (AvgIpc) is 2.93. The Bertz CT molecular complexity index is 971. The summed E-state index contributed by atoms with van der Waals surface area (Å²) >= 11 is 0. The predicted molar refractivity (Wildman–Crippen MR) is 98.8 cm³/mol. The van der Waals surface area contributed by atoms with Gasteiger partial charge in [0.1, 0.15) is 0 Å².